The van der Waals surface area contributed by atoms with Gasteiger partial charge in [-0.3, -0.25) is 19.1 Å². The van der Waals surface area contributed by atoms with Gasteiger partial charge >= 0.3 is 5.69 Å². The van der Waals surface area contributed by atoms with Gasteiger partial charge in [-0.15, -0.1) is 0 Å². The van der Waals surface area contributed by atoms with Crippen LogP contribution < -0.4 is 16.1 Å². The predicted octanol–water partition coefficient (Wildman–Crippen LogP) is 1.69. The van der Waals surface area contributed by atoms with E-state index in [1.165, 1.54) is 22.0 Å². The lowest BCUT2D eigenvalue weighted by atomic mass is 10.1. The van der Waals surface area contributed by atoms with Crippen molar-refractivity contribution >= 4 is 22.6 Å². The molecule has 0 atom stereocenters. The molecule has 1 amide bonds. The van der Waals surface area contributed by atoms with E-state index in [0.717, 1.165) is 25.9 Å². The van der Waals surface area contributed by atoms with E-state index in [1.54, 1.807) is 11.0 Å². The Balaban J connectivity index is 1.38. The summed E-state index contributed by atoms with van der Waals surface area (Å²) in [7, 11) is 0. The van der Waals surface area contributed by atoms with E-state index in [2.05, 4.69) is 40.0 Å². The maximum absolute atomic E-state index is 13.0. The Labute approximate surface area is 172 Å². The Kier molecular flexibility index (Phi) is 4.42. The summed E-state index contributed by atoms with van der Waals surface area (Å²) in [6.07, 6.45) is 3.28. The molecular formula is C22H23N5O3. The topological polar surface area (TPSA) is 91.3 Å². The number of benzene rings is 1. The van der Waals surface area contributed by atoms with Crippen molar-refractivity contribution < 1.29 is 4.79 Å². The highest BCUT2D eigenvalue weighted by Gasteiger charge is 2.28. The highest BCUT2D eigenvalue weighted by atomic mass is 16.2. The third-order valence-corrected chi connectivity index (χ3v) is 5.87. The molecule has 0 spiro atoms. The molecule has 2 aliphatic rings. The molecule has 154 valence electrons. The van der Waals surface area contributed by atoms with Crippen LogP contribution in [-0.2, 0) is 0 Å². The first-order valence-corrected chi connectivity index (χ1v) is 10.3. The Morgan fingerprint density at radius 1 is 1.10 bits per heavy atom. The average molecular weight is 405 g/mol. The van der Waals surface area contributed by atoms with Gasteiger partial charge in [0.25, 0.3) is 11.5 Å². The largest absolute Gasteiger partial charge is 0.368 e. The number of aromatic nitrogens is 3. The molecule has 8 heteroatoms. The SMILES string of the molecule is Cc1cccc(N2CCN(C(=O)c3cnc4c(c3)c(=O)[nH]c(=O)n4C3CC3)CC2)c1. The van der Waals surface area contributed by atoms with Crippen LogP contribution in [0.4, 0.5) is 5.69 Å². The van der Waals surface area contributed by atoms with Crippen LogP contribution >= 0.6 is 0 Å². The van der Waals surface area contributed by atoms with Gasteiger partial charge in [-0.05, 0) is 43.5 Å². The zero-order chi connectivity index (χ0) is 20.8. The molecule has 1 saturated heterocycles. The van der Waals surface area contributed by atoms with E-state index in [4.69, 9.17) is 0 Å². The van der Waals surface area contributed by atoms with Crippen LogP contribution in [0.2, 0.25) is 0 Å². The van der Waals surface area contributed by atoms with E-state index in [1.807, 2.05) is 6.07 Å². The van der Waals surface area contributed by atoms with Crippen LogP contribution in [0.3, 0.4) is 0 Å². The average Bonchev–Trinajstić information content (AvgIpc) is 3.58. The number of carbonyl (C=O) groups is 1. The number of anilines is 1. The van der Waals surface area contributed by atoms with Crippen molar-refractivity contribution in [2.75, 3.05) is 31.1 Å². The Hall–Kier alpha value is -3.42. The molecule has 2 aromatic heterocycles. The van der Waals surface area contributed by atoms with Crippen molar-refractivity contribution in [3.05, 3.63) is 68.5 Å². The van der Waals surface area contributed by atoms with Gasteiger partial charge in [-0.25, -0.2) is 9.78 Å². The molecule has 0 radical (unpaired) electrons. The molecule has 30 heavy (non-hydrogen) atoms. The molecule has 1 aliphatic carbocycles. The molecule has 1 saturated carbocycles. The highest BCUT2D eigenvalue weighted by molar-refractivity contribution is 5.96. The number of fused-ring (bicyclic) bond motifs is 1. The monoisotopic (exact) mass is 405 g/mol. The molecular weight excluding hydrogens is 382 g/mol. The predicted molar refractivity (Wildman–Crippen MR) is 114 cm³/mol. The van der Waals surface area contributed by atoms with Crippen LogP contribution in [0.5, 0.6) is 0 Å². The summed E-state index contributed by atoms with van der Waals surface area (Å²) in [5, 5.41) is 0.283. The first-order chi connectivity index (χ1) is 14.5. The van der Waals surface area contributed by atoms with Crippen LogP contribution in [0, 0.1) is 6.92 Å². The number of rotatable bonds is 3. The fourth-order valence-corrected chi connectivity index (χ4v) is 4.10. The molecule has 3 heterocycles. The molecule has 8 nitrogen and oxygen atoms in total. The second-order valence-corrected chi connectivity index (χ2v) is 8.07. The number of hydrogen-bond acceptors (Lipinski definition) is 5. The molecule has 0 bridgehead atoms. The summed E-state index contributed by atoms with van der Waals surface area (Å²) in [5.74, 6) is -0.142. The number of aromatic amines is 1. The van der Waals surface area contributed by atoms with Gasteiger partial charge in [0.15, 0.2) is 0 Å². The third-order valence-electron chi connectivity index (χ3n) is 5.87. The minimum absolute atomic E-state index is 0.0839. The zero-order valence-corrected chi connectivity index (χ0v) is 16.8. The number of aryl methyl sites for hydroxylation is 1. The van der Waals surface area contributed by atoms with E-state index in [9.17, 15) is 14.4 Å². The van der Waals surface area contributed by atoms with Crippen molar-refractivity contribution in [3.8, 4) is 0 Å². The maximum Gasteiger partial charge on any atom is 0.330 e. The fourth-order valence-electron chi connectivity index (χ4n) is 4.10. The lowest BCUT2D eigenvalue weighted by Gasteiger charge is -2.36. The Bertz CT molecular complexity index is 1250. The summed E-state index contributed by atoms with van der Waals surface area (Å²) in [6, 6.07) is 10.00. The second-order valence-electron chi connectivity index (χ2n) is 8.07. The van der Waals surface area contributed by atoms with E-state index >= 15 is 0 Å². The molecule has 1 aliphatic heterocycles. The van der Waals surface area contributed by atoms with Crippen molar-refractivity contribution in [1.82, 2.24) is 19.4 Å². The third kappa shape index (κ3) is 3.28. The fraction of sp³-hybridized carbons (Fsp3) is 0.364. The van der Waals surface area contributed by atoms with Gasteiger partial charge in [0.1, 0.15) is 5.65 Å². The number of piperazine rings is 1. The number of H-pyrrole nitrogens is 1. The highest BCUT2D eigenvalue weighted by Crippen LogP contribution is 2.34. The number of pyridine rings is 1. The summed E-state index contributed by atoms with van der Waals surface area (Å²) in [6.45, 7) is 4.77. The first-order valence-electron chi connectivity index (χ1n) is 10.3. The second kappa shape index (κ2) is 7.12. The standard InChI is InChI=1S/C22H23N5O3/c1-14-3-2-4-17(11-14)25-7-9-26(10-8-25)21(29)15-12-18-19(23-13-15)27(16-5-6-16)22(30)24-20(18)28/h2-4,11-13,16H,5-10H2,1H3,(H,24,28,30). The van der Waals surface area contributed by atoms with Crippen LogP contribution in [-0.4, -0.2) is 51.5 Å². The quantitative estimate of drug-likeness (QED) is 0.716. The summed E-state index contributed by atoms with van der Waals surface area (Å²) in [5.41, 5.74) is 2.17. The smallest absolute Gasteiger partial charge is 0.330 e. The molecule has 0 unspecified atom stereocenters. The van der Waals surface area contributed by atoms with Crippen molar-refractivity contribution in [2.45, 2.75) is 25.8 Å². The number of nitrogens with one attached hydrogen (secondary N) is 1. The molecule has 3 aromatic rings. The summed E-state index contributed by atoms with van der Waals surface area (Å²) in [4.78, 5) is 48.3. The van der Waals surface area contributed by atoms with Crippen molar-refractivity contribution in [3.63, 3.8) is 0 Å². The van der Waals surface area contributed by atoms with Gasteiger partial charge in [0, 0.05) is 44.1 Å². The molecule has 1 aromatic carbocycles. The normalized spacial score (nSPS) is 16.8. The van der Waals surface area contributed by atoms with E-state index in [-0.39, 0.29) is 17.3 Å². The van der Waals surface area contributed by atoms with Crippen molar-refractivity contribution in [2.24, 2.45) is 0 Å². The van der Waals surface area contributed by atoms with Crippen LogP contribution in [0.1, 0.15) is 34.8 Å². The number of nitrogens with zero attached hydrogens (tertiary/aromatic N) is 4. The van der Waals surface area contributed by atoms with Crippen LogP contribution in [0.15, 0.2) is 46.1 Å². The van der Waals surface area contributed by atoms with Crippen molar-refractivity contribution in [1.29, 1.82) is 0 Å². The minimum Gasteiger partial charge on any atom is -0.368 e. The molecule has 2 fully saturated rings. The lowest BCUT2D eigenvalue weighted by Crippen LogP contribution is -2.48. The number of amides is 1. The van der Waals surface area contributed by atoms with E-state index in [0.29, 0.717) is 24.3 Å². The number of hydrogen-bond donors (Lipinski definition) is 1. The maximum atomic E-state index is 13.0. The van der Waals surface area contributed by atoms with Gasteiger partial charge in [0.05, 0.1) is 10.9 Å². The summed E-state index contributed by atoms with van der Waals surface area (Å²) >= 11 is 0. The van der Waals surface area contributed by atoms with Gasteiger partial charge in [0.2, 0.25) is 0 Å². The Morgan fingerprint density at radius 2 is 1.87 bits per heavy atom. The van der Waals surface area contributed by atoms with E-state index < -0.39 is 11.2 Å². The van der Waals surface area contributed by atoms with Gasteiger partial charge in [-0.1, -0.05) is 12.1 Å². The first kappa shape index (κ1) is 18.6. The number of carbonyl (C=O) groups excluding carboxylic acids is 1. The minimum atomic E-state index is -0.502. The Morgan fingerprint density at radius 3 is 2.57 bits per heavy atom. The zero-order valence-electron chi connectivity index (χ0n) is 16.8. The molecule has 1 N–H and O–H groups in total. The van der Waals surface area contributed by atoms with Crippen LogP contribution in [0.25, 0.3) is 11.0 Å². The van der Waals surface area contributed by atoms with Gasteiger partial charge < -0.3 is 9.80 Å². The lowest BCUT2D eigenvalue weighted by molar-refractivity contribution is 0.0746. The summed E-state index contributed by atoms with van der Waals surface area (Å²) < 4.78 is 1.53. The molecule has 5 rings (SSSR count). The van der Waals surface area contributed by atoms with Gasteiger partial charge in [-0.2, -0.15) is 0 Å².